The first-order valence-electron chi connectivity index (χ1n) is 5.40. The highest BCUT2D eigenvalue weighted by Crippen LogP contribution is 2.13. The lowest BCUT2D eigenvalue weighted by Crippen LogP contribution is -2.24. The summed E-state index contributed by atoms with van der Waals surface area (Å²) in [5.74, 6) is -0.551. The van der Waals surface area contributed by atoms with Gasteiger partial charge < -0.3 is 10.5 Å². The highest BCUT2D eigenvalue weighted by molar-refractivity contribution is 5.98. The summed E-state index contributed by atoms with van der Waals surface area (Å²) in [6, 6.07) is 6.29. The molecule has 0 aliphatic heterocycles. The Kier molecular flexibility index (Phi) is 4.02. The Hall–Kier alpha value is -1.68. The van der Waals surface area contributed by atoms with Gasteiger partial charge in [-0.15, -0.1) is 0 Å². The molecule has 0 saturated carbocycles. The van der Waals surface area contributed by atoms with Crippen molar-refractivity contribution in [2.24, 2.45) is 5.73 Å². The van der Waals surface area contributed by atoms with Gasteiger partial charge in [0.1, 0.15) is 5.60 Å². The van der Waals surface area contributed by atoms with Crippen LogP contribution in [0.2, 0.25) is 0 Å². The summed E-state index contributed by atoms with van der Waals surface area (Å²) in [4.78, 5) is 23.0. The van der Waals surface area contributed by atoms with Gasteiger partial charge >= 0.3 is 5.97 Å². The quantitative estimate of drug-likeness (QED) is 0.640. The van der Waals surface area contributed by atoms with E-state index in [1.165, 1.54) is 0 Å². The van der Waals surface area contributed by atoms with Crippen LogP contribution in [0.4, 0.5) is 0 Å². The average molecular weight is 235 g/mol. The lowest BCUT2D eigenvalue weighted by atomic mass is 10.1. The molecular weight excluding hydrogens is 218 g/mol. The van der Waals surface area contributed by atoms with Crippen LogP contribution in [0.5, 0.6) is 0 Å². The molecule has 0 radical (unpaired) electrons. The fourth-order valence-electron chi connectivity index (χ4n) is 1.25. The number of benzene rings is 1. The summed E-state index contributed by atoms with van der Waals surface area (Å²) in [5, 5.41) is 0. The zero-order chi connectivity index (χ0) is 13.1. The normalized spacial score (nSPS) is 11.1. The predicted octanol–water partition coefficient (Wildman–Crippen LogP) is 1.78. The Balaban J connectivity index is 2.81. The van der Waals surface area contributed by atoms with Crippen molar-refractivity contribution in [3.05, 3.63) is 35.4 Å². The van der Waals surface area contributed by atoms with Crippen LogP contribution in [0.15, 0.2) is 24.3 Å². The fourth-order valence-corrected chi connectivity index (χ4v) is 1.25. The van der Waals surface area contributed by atoms with E-state index in [1.807, 2.05) is 0 Å². The van der Waals surface area contributed by atoms with Crippen LogP contribution in [0.25, 0.3) is 0 Å². The molecule has 0 bridgehead atoms. The molecule has 0 aliphatic rings. The fraction of sp³-hybridized carbons (Fsp3) is 0.385. The highest BCUT2D eigenvalue weighted by Gasteiger charge is 2.17. The minimum Gasteiger partial charge on any atom is -0.456 e. The third kappa shape index (κ3) is 4.00. The molecule has 0 amide bonds. The molecule has 1 aromatic carbocycles. The summed E-state index contributed by atoms with van der Waals surface area (Å²) < 4.78 is 5.20. The third-order valence-corrected chi connectivity index (χ3v) is 2.03. The van der Waals surface area contributed by atoms with Crippen molar-refractivity contribution >= 4 is 11.8 Å². The van der Waals surface area contributed by atoms with Crippen LogP contribution < -0.4 is 5.73 Å². The van der Waals surface area contributed by atoms with Gasteiger partial charge in [-0.05, 0) is 32.9 Å². The number of carbonyl (C=O) groups excluding carboxylic acids is 2. The molecule has 0 fully saturated rings. The van der Waals surface area contributed by atoms with Crippen molar-refractivity contribution in [1.82, 2.24) is 0 Å². The molecule has 4 nitrogen and oxygen atoms in total. The summed E-state index contributed by atoms with van der Waals surface area (Å²) in [7, 11) is 0. The van der Waals surface area contributed by atoms with Crippen LogP contribution in [0.3, 0.4) is 0 Å². The van der Waals surface area contributed by atoms with Gasteiger partial charge in [-0.1, -0.05) is 12.1 Å². The number of ketones is 1. The van der Waals surface area contributed by atoms with Crippen molar-refractivity contribution in [1.29, 1.82) is 0 Å². The van der Waals surface area contributed by atoms with Gasteiger partial charge in [0, 0.05) is 5.56 Å². The van der Waals surface area contributed by atoms with E-state index in [2.05, 4.69) is 0 Å². The number of esters is 1. The van der Waals surface area contributed by atoms with Crippen LogP contribution in [0, 0.1) is 0 Å². The minimum atomic E-state index is -0.525. The lowest BCUT2D eigenvalue weighted by Gasteiger charge is -2.19. The van der Waals surface area contributed by atoms with Crippen LogP contribution in [-0.2, 0) is 4.74 Å². The maximum Gasteiger partial charge on any atom is 0.338 e. The van der Waals surface area contributed by atoms with Crippen LogP contribution in [-0.4, -0.2) is 23.9 Å². The molecule has 1 aromatic rings. The Bertz CT molecular complexity index is 415. The molecule has 2 N–H and O–H groups in total. The van der Waals surface area contributed by atoms with Gasteiger partial charge in [-0.25, -0.2) is 4.79 Å². The van der Waals surface area contributed by atoms with Crippen LogP contribution >= 0.6 is 0 Å². The molecular formula is C13H17NO3. The second-order valence-corrected chi connectivity index (χ2v) is 4.71. The van der Waals surface area contributed by atoms with Gasteiger partial charge in [0.2, 0.25) is 0 Å². The van der Waals surface area contributed by atoms with E-state index in [9.17, 15) is 9.59 Å². The molecule has 0 spiro atoms. The van der Waals surface area contributed by atoms with E-state index in [1.54, 1.807) is 45.0 Å². The minimum absolute atomic E-state index is 0.0359. The number of carbonyl (C=O) groups is 2. The Morgan fingerprint density at radius 2 is 1.59 bits per heavy atom. The zero-order valence-electron chi connectivity index (χ0n) is 10.3. The largest absolute Gasteiger partial charge is 0.456 e. The average Bonchev–Trinajstić information content (AvgIpc) is 2.26. The summed E-state index contributed by atoms with van der Waals surface area (Å²) >= 11 is 0. The second-order valence-electron chi connectivity index (χ2n) is 4.71. The summed E-state index contributed by atoms with van der Waals surface area (Å²) in [5.41, 5.74) is 5.64. The molecule has 0 unspecified atom stereocenters. The van der Waals surface area contributed by atoms with Gasteiger partial charge in [0.15, 0.2) is 5.78 Å². The maximum absolute atomic E-state index is 11.7. The topological polar surface area (TPSA) is 69.4 Å². The van der Waals surface area contributed by atoms with Crippen molar-refractivity contribution in [2.45, 2.75) is 26.4 Å². The van der Waals surface area contributed by atoms with E-state index >= 15 is 0 Å². The number of Topliss-reactive ketones (excluding diaryl/α,β-unsaturated/α-hetero) is 1. The standard InChI is InChI=1S/C13H17NO3/c1-13(2,3)17-12(16)10-6-4-9(5-7-10)11(15)8-14/h4-7H,8,14H2,1-3H3. The molecule has 0 heterocycles. The highest BCUT2D eigenvalue weighted by atomic mass is 16.6. The summed E-state index contributed by atoms with van der Waals surface area (Å²) in [6.07, 6.45) is 0. The zero-order valence-corrected chi connectivity index (χ0v) is 10.3. The number of ether oxygens (including phenoxy) is 1. The second kappa shape index (κ2) is 5.10. The SMILES string of the molecule is CC(C)(C)OC(=O)c1ccc(C(=O)CN)cc1. The Morgan fingerprint density at radius 3 is 2.00 bits per heavy atom. The van der Waals surface area contributed by atoms with Crippen molar-refractivity contribution in [3.63, 3.8) is 0 Å². The first-order valence-corrected chi connectivity index (χ1v) is 5.40. The molecule has 4 heteroatoms. The van der Waals surface area contributed by atoms with Crippen molar-refractivity contribution in [2.75, 3.05) is 6.54 Å². The molecule has 92 valence electrons. The van der Waals surface area contributed by atoms with E-state index in [0.29, 0.717) is 11.1 Å². The molecule has 17 heavy (non-hydrogen) atoms. The van der Waals surface area contributed by atoms with Gasteiger partial charge in [0.25, 0.3) is 0 Å². The molecule has 0 saturated heterocycles. The van der Waals surface area contributed by atoms with E-state index in [4.69, 9.17) is 10.5 Å². The lowest BCUT2D eigenvalue weighted by molar-refractivity contribution is 0.00693. The molecule has 0 aromatic heterocycles. The van der Waals surface area contributed by atoms with E-state index in [0.717, 1.165) is 0 Å². The predicted molar refractivity (Wildman–Crippen MR) is 65.0 cm³/mol. The van der Waals surface area contributed by atoms with Crippen molar-refractivity contribution < 1.29 is 14.3 Å². The number of hydrogen-bond donors (Lipinski definition) is 1. The van der Waals surface area contributed by atoms with Gasteiger partial charge in [0.05, 0.1) is 12.1 Å². The summed E-state index contributed by atoms with van der Waals surface area (Å²) in [6.45, 7) is 5.37. The Labute approximate surface area is 101 Å². The first kappa shape index (κ1) is 13.4. The van der Waals surface area contributed by atoms with Crippen LogP contribution in [0.1, 0.15) is 41.5 Å². The van der Waals surface area contributed by atoms with Crippen molar-refractivity contribution in [3.8, 4) is 0 Å². The third-order valence-electron chi connectivity index (χ3n) is 2.03. The number of nitrogens with two attached hydrogens (primary N) is 1. The first-order chi connectivity index (χ1) is 7.83. The van der Waals surface area contributed by atoms with Gasteiger partial charge in [-0.2, -0.15) is 0 Å². The van der Waals surface area contributed by atoms with Gasteiger partial charge in [-0.3, -0.25) is 4.79 Å². The van der Waals surface area contributed by atoms with E-state index < -0.39 is 11.6 Å². The monoisotopic (exact) mass is 235 g/mol. The molecule has 1 rings (SSSR count). The number of hydrogen-bond acceptors (Lipinski definition) is 4. The maximum atomic E-state index is 11.7. The van der Waals surface area contributed by atoms with E-state index in [-0.39, 0.29) is 12.3 Å². The Morgan fingerprint density at radius 1 is 1.12 bits per heavy atom. The molecule has 0 atom stereocenters. The molecule has 0 aliphatic carbocycles. The smallest absolute Gasteiger partial charge is 0.338 e. The number of rotatable bonds is 3.